The van der Waals surface area contributed by atoms with E-state index in [1.807, 2.05) is 60.4 Å². The van der Waals surface area contributed by atoms with Crippen LogP contribution in [0.2, 0.25) is 0 Å². The molecule has 0 amide bonds. The van der Waals surface area contributed by atoms with Crippen molar-refractivity contribution >= 4 is 11.8 Å². The Morgan fingerprint density at radius 1 is 1.10 bits per heavy atom. The van der Waals surface area contributed by atoms with E-state index in [0.29, 0.717) is 19.6 Å². The maximum atomic E-state index is 7.02. The number of ether oxygens (including phenoxy) is 1. The zero-order valence-corrected chi connectivity index (χ0v) is 16.6. The van der Waals surface area contributed by atoms with Gasteiger partial charge in [-0.3, -0.25) is 4.90 Å². The predicted molar refractivity (Wildman–Crippen MR) is 117 cm³/mol. The maximum Gasteiger partial charge on any atom is 0.519 e. The number of benzene rings is 2. The molecular weight excluding hydrogens is 358 g/mol. The normalized spacial score (nSPS) is 8.97. The van der Waals surface area contributed by atoms with Crippen molar-refractivity contribution < 1.29 is 4.74 Å². The van der Waals surface area contributed by atoms with Gasteiger partial charge in [-0.25, -0.2) is 0 Å². The smallest absolute Gasteiger partial charge is 0.383 e. The molecule has 0 unspecified atom stereocenters. The molecular formula is C25H21N3O. The highest BCUT2D eigenvalue weighted by atomic mass is 16.5. The van der Waals surface area contributed by atoms with E-state index in [2.05, 4.69) is 33.5 Å². The molecule has 0 saturated heterocycles. The quantitative estimate of drug-likeness (QED) is 0.409. The minimum absolute atomic E-state index is 0.0468. The van der Waals surface area contributed by atoms with E-state index >= 15 is 0 Å². The third-order valence-electron chi connectivity index (χ3n) is 4.07. The number of nitrogens with zero attached hydrogens (tertiary/aromatic N) is 3. The van der Waals surface area contributed by atoms with E-state index in [-0.39, 0.29) is 5.82 Å². The first-order valence-electron chi connectivity index (χ1n) is 9.04. The van der Waals surface area contributed by atoms with E-state index in [1.54, 1.807) is 13.2 Å². The molecule has 0 aliphatic carbocycles. The summed E-state index contributed by atoms with van der Waals surface area (Å²) in [6.07, 6.45) is 2.26. The van der Waals surface area contributed by atoms with E-state index in [9.17, 15) is 0 Å². The Kier molecular flexibility index (Phi) is 8.60. The van der Waals surface area contributed by atoms with Gasteiger partial charge in [-0.1, -0.05) is 42.3 Å². The lowest BCUT2D eigenvalue weighted by Crippen LogP contribution is -2.21. The number of hydrogen-bond donors (Lipinski definition) is 0. The molecule has 2 aromatic carbocycles. The lowest BCUT2D eigenvalue weighted by molar-refractivity contribution is 0.207. The van der Waals surface area contributed by atoms with E-state index in [1.165, 1.54) is 0 Å². The minimum atomic E-state index is 0.0468. The van der Waals surface area contributed by atoms with E-state index < -0.39 is 0 Å². The van der Waals surface area contributed by atoms with Crippen LogP contribution in [0.4, 0.5) is 5.69 Å². The summed E-state index contributed by atoms with van der Waals surface area (Å²) in [7, 11) is 1.65. The predicted octanol–water partition coefficient (Wildman–Crippen LogP) is 4.79. The van der Waals surface area contributed by atoms with Gasteiger partial charge in [0.05, 0.1) is 13.2 Å². The molecule has 0 radical (unpaired) electrons. The van der Waals surface area contributed by atoms with Crippen molar-refractivity contribution in [3.05, 3.63) is 93.9 Å². The van der Waals surface area contributed by atoms with Gasteiger partial charge in [0.15, 0.2) is 0 Å². The van der Waals surface area contributed by atoms with Crippen LogP contribution >= 0.6 is 0 Å². The van der Waals surface area contributed by atoms with Gasteiger partial charge in [-0.2, -0.15) is 9.69 Å². The molecule has 0 aliphatic heterocycles. The van der Waals surface area contributed by atoms with Gasteiger partial charge in [0.2, 0.25) is 0 Å². The zero-order valence-electron chi connectivity index (χ0n) is 16.6. The van der Waals surface area contributed by atoms with Gasteiger partial charge in [-0.15, -0.1) is 0 Å². The summed E-state index contributed by atoms with van der Waals surface area (Å²) in [5.74, 6) is 8.94. The summed E-state index contributed by atoms with van der Waals surface area (Å²) >= 11 is 0. The molecule has 0 aromatic heterocycles. The molecule has 142 valence electrons. The van der Waals surface area contributed by atoms with Crippen molar-refractivity contribution in [2.45, 2.75) is 13.3 Å². The highest BCUT2D eigenvalue weighted by Gasteiger charge is 2.08. The monoisotopic (exact) mass is 379 g/mol. The maximum absolute atomic E-state index is 7.02. The number of aryl methyl sites for hydroxylation is 1. The fourth-order valence-electron chi connectivity index (χ4n) is 2.53. The summed E-state index contributed by atoms with van der Waals surface area (Å²) in [5.41, 5.74) is 3.89. The van der Waals surface area contributed by atoms with Crippen LogP contribution in [0.5, 0.6) is 0 Å². The Morgan fingerprint density at radius 3 is 2.52 bits per heavy atom. The molecule has 0 aliphatic rings. The first-order valence-corrected chi connectivity index (χ1v) is 9.04. The Hall–Kier alpha value is -3.96. The second-order valence-electron chi connectivity index (χ2n) is 6.11. The van der Waals surface area contributed by atoms with Crippen molar-refractivity contribution in [2.24, 2.45) is 0 Å². The Labute approximate surface area is 173 Å². The summed E-state index contributed by atoms with van der Waals surface area (Å²) in [6.45, 7) is 17.1. The van der Waals surface area contributed by atoms with Gasteiger partial charge in [-0.05, 0) is 41.7 Å². The number of anilines is 1. The third-order valence-corrected chi connectivity index (χ3v) is 4.07. The Morgan fingerprint density at radius 2 is 1.86 bits per heavy atom. The first-order chi connectivity index (χ1) is 14.2. The van der Waals surface area contributed by atoms with Crippen LogP contribution in [-0.4, -0.2) is 20.3 Å². The van der Waals surface area contributed by atoms with Crippen molar-refractivity contribution in [1.29, 1.82) is 0 Å². The molecule has 2 rings (SSSR count). The van der Waals surface area contributed by atoms with Crippen molar-refractivity contribution in [1.82, 2.24) is 0 Å². The molecule has 0 bridgehead atoms. The number of hydrogen-bond acceptors (Lipinski definition) is 2. The average molecular weight is 379 g/mol. The van der Waals surface area contributed by atoms with Crippen LogP contribution in [0.1, 0.15) is 16.7 Å². The fraction of sp³-hybridized carbons (Fsp3) is 0.200. The largest absolute Gasteiger partial charge is 0.519 e. The van der Waals surface area contributed by atoms with Crippen LogP contribution in [0, 0.1) is 43.9 Å². The molecule has 0 atom stereocenters. The summed E-state index contributed by atoms with van der Waals surface area (Å²) < 4.78 is 5.19. The highest BCUT2D eigenvalue weighted by molar-refractivity contribution is 5.65. The van der Waals surface area contributed by atoms with Gasteiger partial charge in [0, 0.05) is 37.3 Å². The van der Waals surface area contributed by atoms with Gasteiger partial charge in [0.25, 0.3) is 0 Å². The van der Waals surface area contributed by atoms with Crippen LogP contribution in [0.3, 0.4) is 0 Å². The van der Waals surface area contributed by atoms with Gasteiger partial charge < -0.3 is 4.74 Å². The van der Waals surface area contributed by atoms with E-state index in [4.69, 9.17) is 17.9 Å². The molecule has 29 heavy (non-hydrogen) atoms. The number of methoxy groups -OCH3 is 1. The summed E-state index contributed by atoms with van der Waals surface area (Å²) in [4.78, 5) is 8.32. The van der Waals surface area contributed by atoms with Gasteiger partial charge in [0.1, 0.15) is 13.1 Å². The summed E-state index contributed by atoms with van der Waals surface area (Å²) in [6, 6.07) is 18.9. The standard InChI is InChI=1S/C25H21N3O/c1-21-19-24(15-14-23(21)20-25(26-2)27-3)28(17-18-29-4)16-10-6-9-13-22-11-7-5-8-12-22/h5,7-8,11-12,14-15,19-20H,13,17-18H2,1,4H3. The molecule has 0 spiro atoms. The molecule has 4 heteroatoms. The average Bonchev–Trinajstić information content (AvgIpc) is 2.75. The van der Waals surface area contributed by atoms with Crippen LogP contribution in [-0.2, 0) is 11.2 Å². The van der Waals surface area contributed by atoms with Crippen molar-refractivity contribution in [2.75, 3.05) is 25.2 Å². The van der Waals surface area contributed by atoms with E-state index in [0.717, 1.165) is 22.4 Å². The van der Waals surface area contributed by atoms with Crippen LogP contribution in [0.25, 0.3) is 15.8 Å². The zero-order chi connectivity index (χ0) is 20.9. The first kappa shape index (κ1) is 21.3. The van der Waals surface area contributed by atoms with Crippen molar-refractivity contribution in [3.8, 4) is 23.8 Å². The highest BCUT2D eigenvalue weighted by Crippen LogP contribution is 2.21. The molecule has 0 fully saturated rings. The van der Waals surface area contributed by atoms with Gasteiger partial charge >= 0.3 is 5.82 Å². The van der Waals surface area contributed by atoms with Crippen LogP contribution < -0.4 is 4.90 Å². The fourth-order valence-corrected chi connectivity index (χ4v) is 2.53. The molecule has 4 nitrogen and oxygen atoms in total. The molecule has 0 saturated carbocycles. The molecule has 2 aromatic rings. The van der Waals surface area contributed by atoms with Crippen molar-refractivity contribution in [3.63, 3.8) is 0 Å². The topological polar surface area (TPSA) is 21.2 Å². The lowest BCUT2D eigenvalue weighted by Gasteiger charge is -2.18. The molecule has 0 heterocycles. The summed E-state index contributed by atoms with van der Waals surface area (Å²) in [5, 5.41) is 0. The third kappa shape index (κ3) is 6.93. The lowest BCUT2D eigenvalue weighted by atomic mass is 10.1. The second-order valence-corrected chi connectivity index (χ2v) is 6.11. The van der Waals surface area contributed by atoms with Crippen LogP contribution in [0.15, 0.2) is 54.4 Å². The molecule has 0 N–H and O–H groups in total. The SMILES string of the molecule is [C-]#[N+]C(=Cc1ccc(N(C#CC#CCc2ccccc2)CCOC)cc1C)[N+]#[C-]. The Bertz CT molecular complexity index is 1050. The number of rotatable bonds is 6. The second kappa shape index (κ2) is 11.7. The minimum Gasteiger partial charge on any atom is -0.383 e. The Balaban J connectivity index is 2.19.